The number of carbonyl (C=O) groups is 1. The van der Waals surface area contributed by atoms with Gasteiger partial charge in [0.05, 0.1) is 12.2 Å². The van der Waals surface area contributed by atoms with Gasteiger partial charge < -0.3 is 9.84 Å². The molecule has 0 heterocycles. The van der Waals surface area contributed by atoms with Crippen molar-refractivity contribution < 1.29 is 32.2 Å². The highest BCUT2D eigenvalue weighted by Crippen LogP contribution is 2.30. The van der Waals surface area contributed by atoms with Crippen LogP contribution in [0.25, 0.3) is 0 Å². The van der Waals surface area contributed by atoms with Crippen LogP contribution in [0.15, 0.2) is 18.2 Å². The van der Waals surface area contributed by atoms with Crippen molar-refractivity contribution in [3.8, 4) is 0 Å². The Morgan fingerprint density at radius 3 is 2.47 bits per heavy atom. The molecule has 1 N–H and O–H groups in total. The number of carboxylic acids is 1. The summed E-state index contributed by atoms with van der Waals surface area (Å²) < 4.78 is 54.3. The van der Waals surface area contributed by atoms with E-state index in [9.17, 15) is 22.4 Å². The number of hydrogen-bond acceptors (Lipinski definition) is 2. The molecular weight excluding hydrogens is 244 g/mol. The van der Waals surface area contributed by atoms with Crippen molar-refractivity contribution in [2.45, 2.75) is 12.8 Å². The van der Waals surface area contributed by atoms with Crippen LogP contribution in [0.2, 0.25) is 0 Å². The van der Waals surface area contributed by atoms with Crippen molar-refractivity contribution >= 4 is 5.97 Å². The number of hydrogen-bond donors (Lipinski definition) is 1. The van der Waals surface area contributed by atoms with Crippen LogP contribution in [0.1, 0.15) is 11.1 Å². The van der Waals surface area contributed by atoms with Gasteiger partial charge in [-0.1, -0.05) is 6.07 Å². The minimum absolute atomic E-state index is 0.126. The van der Waals surface area contributed by atoms with Gasteiger partial charge in [-0.2, -0.15) is 13.2 Å². The Morgan fingerprint density at radius 1 is 1.35 bits per heavy atom. The summed E-state index contributed by atoms with van der Waals surface area (Å²) in [5.74, 6) is -2.32. The van der Waals surface area contributed by atoms with Crippen molar-refractivity contribution in [1.29, 1.82) is 0 Å². The smallest absolute Gasteiger partial charge is 0.416 e. The van der Waals surface area contributed by atoms with Gasteiger partial charge in [0.1, 0.15) is 12.4 Å². The molecule has 0 unspecified atom stereocenters. The van der Waals surface area contributed by atoms with E-state index in [-0.39, 0.29) is 5.56 Å². The first-order valence-corrected chi connectivity index (χ1v) is 4.46. The molecule has 0 amide bonds. The molecule has 0 spiro atoms. The SMILES string of the molecule is O=C(O)COCc1ccc(C(F)(F)F)cc1F. The Labute approximate surface area is 93.6 Å². The molecule has 0 atom stereocenters. The molecule has 0 radical (unpaired) electrons. The van der Waals surface area contributed by atoms with E-state index in [2.05, 4.69) is 4.74 Å². The molecule has 0 saturated carbocycles. The van der Waals surface area contributed by atoms with Crippen molar-refractivity contribution in [1.82, 2.24) is 0 Å². The summed E-state index contributed by atoms with van der Waals surface area (Å²) in [5, 5.41) is 8.24. The lowest BCUT2D eigenvalue weighted by atomic mass is 10.1. The van der Waals surface area contributed by atoms with E-state index in [1.807, 2.05) is 0 Å². The molecule has 3 nitrogen and oxygen atoms in total. The van der Waals surface area contributed by atoms with E-state index >= 15 is 0 Å². The number of carboxylic acid groups (broad SMARTS) is 1. The van der Waals surface area contributed by atoms with Crippen LogP contribution in [0.5, 0.6) is 0 Å². The maximum atomic E-state index is 13.2. The molecule has 7 heteroatoms. The summed E-state index contributed by atoms with van der Waals surface area (Å²) in [6.07, 6.45) is -4.61. The molecule has 0 aliphatic heterocycles. The monoisotopic (exact) mass is 252 g/mol. The molecule has 17 heavy (non-hydrogen) atoms. The van der Waals surface area contributed by atoms with Crippen molar-refractivity contribution in [2.75, 3.05) is 6.61 Å². The van der Waals surface area contributed by atoms with Crippen LogP contribution in [0.3, 0.4) is 0 Å². The summed E-state index contributed by atoms with van der Waals surface area (Å²) >= 11 is 0. The molecule has 0 aromatic heterocycles. The van der Waals surface area contributed by atoms with E-state index in [1.54, 1.807) is 0 Å². The van der Waals surface area contributed by atoms with E-state index in [0.29, 0.717) is 12.1 Å². The van der Waals surface area contributed by atoms with Crippen molar-refractivity contribution in [3.05, 3.63) is 35.1 Å². The molecule has 0 fully saturated rings. The third-order valence-electron chi connectivity index (χ3n) is 1.86. The third-order valence-corrected chi connectivity index (χ3v) is 1.86. The third kappa shape index (κ3) is 4.03. The zero-order valence-electron chi connectivity index (χ0n) is 8.42. The molecular formula is C10H8F4O3. The molecule has 1 rings (SSSR count). The molecule has 1 aromatic rings. The Morgan fingerprint density at radius 2 is 2.00 bits per heavy atom. The second-order valence-electron chi connectivity index (χ2n) is 3.19. The Bertz CT molecular complexity index is 415. The number of benzene rings is 1. The zero-order chi connectivity index (χ0) is 13.1. The van der Waals surface area contributed by atoms with Gasteiger partial charge in [-0.15, -0.1) is 0 Å². The van der Waals surface area contributed by atoms with E-state index in [4.69, 9.17) is 5.11 Å². The summed E-state index contributed by atoms with van der Waals surface area (Å²) in [5.41, 5.74) is -1.23. The lowest BCUT2D eigenvalue weighted by Crippen LogP contribution is -2.09. The predicted molar refractivity (Wildman–Crippen MR) is 48.7 cm³/mol. The molecule has 94 valence electrons. The normalized spacial score (nSPS) is 11.5. The van der Waals surface area contributed by atoms with Gasteiger partial charge in [0, 0.05) is 5.56 Å². The fourth-order valence-electron chi connectivity index (χ4n) is 1.09. The van der Waals surface area contributed by atoms with Gasteiger partial charge in [0.25, 0.3) is 0 Å². The van der Waals surface area contributed by atoms with Crippen LogP contribution >= 0.6 is 0 Å². The van der Waals surface area contributed by atoms with Gasteiger partial charge in [0.2, 0.25) is 0 Å². The second-order valence-corrected chi connectivity index (χ2v) is 3.19. The molecule has 0 saturated heterocycles. The van der Waals surface area contributed by atoms with E-state index in [0.717, 1.165) is 6.07 Å². The Hall–Kier alpha value is -1.63. The molecule has 1 aromatic carbocycles. The Balaban J connectivity index is 2.73. The largest absolute Gasteiger partial charge is 0.480 e. The summed E-state index contributed by atoms with van der Waals surface area (Å²) in [6, 6.07) is 1.97. The van der Waals surface area contributed by atoms with Crippen molar-refractivity contribution in [3.63, 3.8) is 0 Å². The quantitative estimate of drug-likeness (QED) is 0.837. The summed E-state index contributed by atoms with van der Waals surface area (Å²) in [4.78, 5) is 10.1. The lowest BCUT2D eigenvalue weighted by Gasteiger charge is -2.09. The van der Waals surface area contributed by atoms with Gasteiger partial charge in [0.15, 0.2) is 0 Å². The highest BCUT2D eigenvalue weighted by Gasteiger charge is 2.31. The van der Waals surface area contributed by atoms with Gasteiger partial charge in [-0.05, 0) is 12.1 Å². The van der Waals surface area contributed by atoms with Crippen LogP contribution in [-0.2, 0) is 22.3 Å². The maximum absolute atomic E-state index is 13.2. The standard InChI is InChI=1S/C10H8F4O3/c11-8-3-7(10(12,13)14)2-1-6(8)4-17-5-9(15)16/h1-3H,4-5H2,(H,15,16). The molecule has 0 aliphatic carbocycles. The number of alkyl halides is 3. The average molecular weight is 252 g/mol. The zero-order valence-corrected chi connectivity index (χ0v) is 8.42. The minimum Gasteiger partial charge on any atom is -0.480 e. The number of ether oxygens (including phenoxy) is 1. The maximum Gasteiger partial charge on any atom is 0.416 e. The fourth-order valence-corrected chi connectivity index (χ4v) is 1.09. The minimum atomic E-state index is -4.61. The Kier molecular flexibility index (Phi) is 4.06. The summed E-state index contributed by atoms with van der Waals surface area (Å²) in [6.45, 7) is -1.03. The predicted octanol–water partition coefficient (Wildman–Crippen LogP) is 2.45. The molecule has 0 aliphatic rings. The summed E-state index contributed by atoms with van der Waals surface area (Å²) in [7, 11) is 0. The average Bonchev–Trinajstić information content (AvgIpc) is 2.18. The number of aliphatic carboxylic acids is 1. The second kappa shape index (κ2) is 5.13. The first-order valence-electron chi connectivity index (χ1n) is 4.46. The van der Waals surface area contributed by atoms with Gasteiger partial charge >= 0.3 is 12.1 Å². The first kappa shape index (κ1) is 13.4. The van der Waals surface area contributed by atoms with Gasteiger partial charge in [-0.25, -0.2) is 9.18 Å². The highest BCUT2D eigenvalue weighted by molar-refractivity contribution is 5.67. The van der Waals surface area contributed by atoms with Crippen LogP contribution in [0.4, 0.5) is 17.6 Å². The van der Waals surface area contributed by atoms with Gasteiger partial charge in [-0.3, -0.25) is 0 Å². The van der Waals surface area contributed by atoms with Crippen LogP contribution in [-0.4, -0.2) is 17.7 Å². The van der Waals surface area contributed by atoms with E-state index in [1.165, 1.54) is 0 Å². The lowest BCUT2D eigenvalue weighted by molar-refractivity contribution is -0.142. The van der Waals surface area contributed by atoms with E-state index < -0.39 is 36.7 Å². The number of halogens is 4. The number of rotatable bonds is 4. The van der Waals surface area contributed by atoms with Crippen LogP contribution < -0.4 is 0 Å². The molecule has 0 bridgehead atoms. The van der Waals surface area contributed by atoms with Crippen LogP contribution in [0, 0.1) is 5.82 Å². The highest BCUT2D eigenvalue weighted by atomic mass is 19.4. The van der Waals surface area contributed by atoms with Crippen molar-refractivity contribution in [2.24, 2.45) is 0 Å². The topological polar surface area (TPSA) is 46.5 Å². The fraction of sp³-hybridized carbons (Fsp3) is 0.300. The first-order chi connectivity index (χ1) is 7.80.